The zero-order valence-electron chi connectivity index (χ0n) is 16.5. The van der Waals surface area contributed by atoms with Crippen molar-refractivity contribution in [2.24, 2.45) is 14.1 Å². The van der Waals surface area contributed by atoms with Gasteiger partial charge in [0.2, 0.25) is 0 Å². The predicted molar refractivity (Wildman–Crippen MR) is 112 cm³/mol. The van der Waals surface area contributed by atoms with Crippen molar-refractivity contribution in [3.63, 3.8) is 0 Å². The summed E-state index contributed by atoms with van der Waals surface area (Å²) in [7, 11) is 2.99. The van der Waals surface area contributed by atoms with Crippen molar-refractivity contribution < 1.29 is 4.79 Å². The van der Waals surface area contributed by atoms with Crippen LogP contribution >= 0.6 is 0 Å². The van der Waals surface area contributed by atoms with E-state index in [1.807, 2.05) is 60.7 Å². The van der Waals surface area contributed by atoms with Gasteiger partial charge in [0, 0.05) is 19.8 Å². The Labute approximate surface area is 171 Å². The minimum Gasteiger partial charge on any atom is -0.309 e. The van der Waals surface area contributed by atoms with E-state index in [1.54, 1.807) is 16.5 Å². The molecule has 8 heteroatoms. The highest BCUT2D eigenvalue weighted by molar-refractivity contribution is 6.05. The Kier molecular flexibility index (Phi) is 3.95. The molecule has 2 aromatic carbocycles. The number of hydrogen-bond acceptors (Lipinski definition) is 4. The zero-order valence-corrected chi connectivity index (χ0v) is 16.5. The lowest BCUT2D eigenvalue weighted by Crippen LogP contribution is -2.56. The second-order valence-electron chi connectivity index (χ2n) is 7.37. The van der Waals surface area contributed by atoms with Crippen molar-refractivity contribution in [1.29, 1.82) is 0 Å². The molecule has 5 rings (SSSR count). The lowest BCUT2D eigenvalue weighted by Gasteiger charge is -2.47. The van der Waals surface area contributed by atoms with Crippen molar-refractivity contribution >= 4 is 22.8 Å². The maximum atomic E-state index is 13.3. The van der Waals surface area contributed by atoms with Crippen LogP contribution in [0, 0.1) is 0 Å². The molecule has 0 spiro atoms. The van der Waals surface area contributed by atoms with E-state index in [0.29, 0.717) is 0 Å². The second kappa shape index (κ2) is 6.55. The number of hydrogen-bond donors (Lipinski definition) is 0. The van der Waals surface area contributed by atoms with Crippen molar-refractivity contribution in [2.75, 3.05) is 4.90 Å². The van der Waals surface area contributed by atoms with Gasteiger partial charge in [-0.25, -0.2) is 9.78 Å². The molecule has 0 N–H and O–H groups in total. The van der Waals surface area contributed by atoms with Gasteiger partial charge in [0.15, 0.2) is 11.2 Å². The van der Waals surface area contributed by atoms with Gasteiger partial charge in [-0.15, -0.1) is 0 Å². The van der Waals surface area contributed by atoms with Gasteiger partial charge in [0.05, 0.1) is 12.4 Å². The molecule has 3 heterocycles. The molecule has 1 fully saturated rings. The first-order valence-electron chi connectivity index (χ1n) is 9.56. The molecule has 2 aromatic heterocycles. The molecule has 1 amide bonds. The topological polar surface area (TPSA) is 82.1 Å². The van der Waals surface area contributed by atoms with Gasteiger partial charge < -0.3 is 9.47 Å². The fraction of sp³-hybridized carbons (Fsp3) is 0.182. The Bertz CT molecular complexity index is 1390. The van der Waals surface area contributed by atoms with Gasteiger partial charge in [0.1, 0.15) is 6.04 Å². The number of para-hydroxylation sites is 1. The van der Waals surface area contributed by atoms with Gasteiger partial charge in [-0.3, -0.25) is 18.7 Å². The number of anilines is 1. The average Bonchev–Trinajstić information content (AvgIpc) is 3.20. The van der Waals surface area contributed by atoms with Gasteiger partial charge in [-0.1, -0.05) is 48.5 Å². The first kappa shape index (κ1) is 18.1. The van der Waals surface area contributed by atoms with E-state index in [2.05, 4.69) is 4.98 Å². The van der Waals surface area contributed by atoms with Crippen molar-refractivity contribution in [2.45, 2.75) is 12.1 Å². The molecule has 150 valence electrons. The van der Waals surface area contributed by atoms with E-state index in [9.17, 15) is 14.4 Å². The monoisotopic (exact) mass is 401 g/mol. The van der Waals surface area contributed by atoms with Gasteiger partial charge >= 0.3 is 5.69 Å². The number of imidazole rings is 1. The summed E-state index contributed by atoms with van der Waals surface area (Å²) in [6.45, 7) is 0. The summed E-state index contributed by atoms with van der Waals surface area (Å²) in [4.78, 5) is 44.5. The molecule has 0 aliphatic carbocycles. The van der Waals surface area contributed by atoms with Crippen LogP contribution in [0.4, 0.5) is 5.69 Å². The van der Waals surface area contributed by atoms with Gasteiger partial charge in [0.25, 0.3) is 11.5 Å². The standard InChI is InChI=1S/C22H19N5O3/c1-24-19-18(20(28)25(2)22(24)30)26(13-23-19)17-16(14-9-5-3-6-10-14)27(21(17)29)15-11-7-4-8-12-15/h3-13,16-17H,1-2H3. The number of carbonyl (C=O) groups is 1. The summed E-state index contributed by atoms with van der Waals surface area (Å²) >= 11 is 0. The quantitative estimate of drug-likeness (QED) is 0.490. The summed E-state index contributed by atoms with van der Waals surface area (Å²) in [6.07, 6.45) is 1.48. The summed E-state index contributed by atoms with van der Waals surface area (Å²) in [5.74, 6) is -0.134. The van der Waals surface area contributed by atoms with Crippen LogP contribution in [0.15, 0.2) is 76.6 Å². The van der Waals surface area contributed by atoms with Crippen LogP contribution in [0.3, 0.4) is 0 Å². The van der Waals surface area contributed by atoms with Crippen LogP contribution in [0.5, 0.6) is 0 Å². The van der Waals surface area contributed by atoms with E-state index in [0.717, 1.165) is 15.8 Å². The molecular weight excluding hydrogens is 382 g/mol. The predicted octanol–water partition coefficient (Wildman–Crippen LogP) is 1.76. The Hall–Kier alpha value is -3.94. The molecular formula is C22H19N5O3. The molecule has 0 bridgehead atoms. The highest BCUT2D eigenvalue weighted by Crippen LogP contribution is 2.46. The minimum atomic E-state index is -0.636. The average molecular weight is 401 g/mol. The van der Waals surface area contributed by atoms with E-state index in [1.165, 1.54) is 17.9 Å². The van der Waals surface area contributed by atoms with Gasteiger partial charge in [-0.2, -0.15) is 0 Å². The summed E-state index contributed by atoms with van der Waals surface area (Å²) < 4.78 is 3.97. The van der Waals surface area contributed by atoms with Crippen LogP contribution in [0.2, 0.25) is 0 Å². The molecule has 1 saturated heterocycles. The highest BCUT2D eigenvalue weighted by atomic mass is 16.2. The van der Waals surface area contributed by atoms with Crippen molar-refractivity contribution in [3.8, 4) is 0 Å². The number of nitrogens with zero attached hydrogens (tertiary/aromatic N) is 5. The lowest BCUT2D eigenvalue weighted by molar-refractivity contribution is -0.129. The largest absolute Gasteiger partial charge is 0.332 e. The Morgan fingerprint density at radius 2 is 1.43 bits per heavy atom. The zero-order chi connectivity index (χ0) is 21.0. The Morgan fingerprint density at radius 3 is 2.10 bits per heavy atom. The number of fused-ring (bicyclic) bond motifs is 1. The minimum absolute atomic E-state index is 0.134. The third-order valence-corrected chi connectivity index (χ3v) is 5.72. The Morgan fingerprint density at radius 1 is 0.800 bits per heavy atom. The molecule has 8 nitrogen and oxygen atoms in total. The third-order valence-electron chi connectivity index (χ3n) is 5.72. The number of amides is 1. The second-order valence-corrected chi connectivity index (χ2v) is 7.37. The summed E-state index contributed by atoms with van der Waals surface area (Å²) in [5, 5.41) is 0. The number of rotatable bonds is 3. The van der Waals surface area contributed by atoms with E-state index >= 15 is 0 Å². The fourth-order valence-electron chi connectivity index (χ4n) is 4.18. The van der Waals surface area contributed by atoms with Gasteiger partial charge in [-0.05, 0) is 17.7 Å². The van der Waals surface area contributed by atoms with Crippen molar-refractivity contribution in [3.05, 3.63) is 93.4 Å². The van der Waals surface area contributed by atoms with Crippen LogP contribution in [-0.2, 0) is 18.9 Å². The lowest BCUT2D eigenvalue weighted by atomic mass is 9.87. The van der Waals surface area contributed by atoms with Crippen LogP contribution in [0.25, 0.3) is 11.2 Å². The van der Waals surface area contributed by atoms with E-state index in [-0.39, 0.29) is 23.1 Å². The van der Waals surface area contributed by atoms with Crippen LogP contribution in [-0.4, -0.2) is 24.6 Å². The van der Waals surface area contributed by atoms with E-state index in [4.69, 9.17) is 0 Å². The fourth-order valence-corrected chi connectivity index (χ4v) is 4.18. The number of carbonyl (C=O) groups excluding carboxylic acids is 1. The molecule has 0 radical (unpaired) electrons. The molecule has 0 saturated carbocycles. The first-order valence-corrected chi connectivity index (χ1v) is 9.56. The van der Waals surface area contributed by atoms with E-state index < -0.39 is 17.3 Å². The summed E-state index contributed by atoms with van der Waals surface area (Å²) in [5.41, 5.74) is 1.32. The molecule has 4 aromatic rings. The molecule has 1 aliphatic rings. The Balaban J connectivity index is 1.72. The SMILES string of the molecule is Cn1c(=O)c2c(ncn2C2C(=O)N(c3ccccc3)C2c2ccccc2)n(C)c1=O. The third kappa shape index (κ3) is 2.40. The maximum Gasteiger partial charge on any atom is 0.332 e. The number of aryl methyl sites for hydroxylation is 1. The highest BCUT2D eigenvalue weighted by Gasteiger charge is 2.50. The maximum absolute atomic E-state index is 13.3. The van der Waals surface area contributed by atoms with Crippen LogP contribution in [0.1, 0.15) is 17.6 Å². The number of aromatic nitrogens is 4. The first-order chi connectivity index (χ1) is 14.5. The normalized spacial score (nSPS) is 18.6. The smallest absolute Gasteiger partial charge is 0.309 e. The van der Waals surface area contributed by atoms with Crippen molar-refractivity contribution in [1.82, 2.24) is 18.7 Å². The number of β-lactam (4-membered cyclic amide) rings is 1. The number of benzene rings is 2. The van der Waals surface area contributed by atoms with Crippen LogP contribution < -0.4 is 16.1 Å². The molecule has 30 heavy (non-hydrogen) atoms. The molecule has 2 atom stereocenters. The summed E-state index contributed by atoms with van der Waals surface area (Å²) in [6, 6.07) is 18.2. The molecule has 2 unspecified atom stereocenters. The molecule has 1 aliphatic heterocycles.